The molecule has 0 saturated carbocycles. The van der Waals surface area contributed by atoms with Crippen molar-refractivity contribution in [1.82, 2.24) is 0 Å². The van der Waals surface area contributed by atoms with Gasteiger partial charge >= 0.3 is 0 Å². The van der Waals surface area contributed by atoms with Crippen LogP contribution in [-0.2, 0) is 6.42 Å². The Labute approximate surface area is 101 Å². The van der Waals surface area contributed by atoms with Crippen LogP contribution in [0.25, 0.3) is 11.1 Å². The number of rotatable bonds is 3. The molecular formula is C15H16O2. The predicted molar refractivity (Wildman–Crippen MR) is 68.9 cm³/mol. The Balaban J connectivity index is 2.48. The number of phenolic OH excluding ortho intramolecular Hbond substituents is 1. The first-order valence-corrected chi connectivity index (χ1v) is 5.73. The molecule has 2 heteroatoms. The molecule has 0 saturated heterocycles. The fraction of sp³-hybridized carbons (Fsp3) is 0.200. The molecule has 2 nitrogen and oxygen atoms in total. The van der Waals surface area contributed by atoms with E-state index in [1.54, 1.807) is 19.1 Å². The van der Waals surface area contributed by atoms with Gasteiger partial charge in [0.25, 0.3) is 0 Å². The Morgan fingerprint density at radius 2 is 1.53 bits per heavy atom. The number of phenols is 1. The molecule has 0 aliphatic carbocycles. The summed E-state index contributed by atoms with van der Waals surface area (Å²) in [5.41, 5.74) is 2.83. The largest absolute Gasteiger partial charge is 0.507 e. The molecule has 0 aromatic heterocycles. The maximum Gasteiger partial charge on any atom is 0.123 e. The normalized spacial score (nSPS) is 12.4. The number of aliphatic hydroxyl groups excluding tert-OH is 1. The number of aromatic hydroxyl groups is 1. The minimum absolute atomic E-state index is 0.269. The Kier molecular flexibility index (Phi) is 3.45. The highest BCUT2D eigenvalue weighted by Crippen LogP contribution is 2.31. The van der Waals surface area contributed by atoms with Crippen LogP contribution in [0.15, 0.2) is 48.5 Å². The third-order valence-electron chi connectivity index (χ3n) is 2.73. The Bertz CT molecular complexity index is 504. The number of hydrogen-bond donors (Lipinski definition) is 2. The van der Waals surface area contributed by atoms with Crippen LogP contribution in [0, 0.1) is 0 Å². The molecule has 1 unspecified atom stereocenters. The Morgan fingerprint density at radius 3 is 2.18 bits per heavy atom. The lowest BCUT2D eigenvalue weighted by Gasteiger charge is -2.12. The molecule has 0 aliphatic rings. The summed E-state index contributed by atoms with van der Waals surface area (Å²) in [5.74, 6) is 0.269. The van der Waals surface area contributed by atoms with E-state index in [2.05, 4.69) is 0 Å². The Morgan fingerprint density at radius 1 is 0.941 bits per heavy atom. The van der Waals surface area contributed by atoms with Crippen molar-refractivity contribution in [1.29, 1.82) is 0 Å². The van der Waals surface area contributed by atoms with Crippen LogP contribution in [0.5, 0.6) is 5.75 Å². The second-order valence-corrected chi connectivity index (χ2v) is 4.23. The summed E-state index contributed by atoms with van der Waals surface area (Å²) in [6, 6.07) is 15.1. The maximum atomic E-state index is 9.86. The molecule has 0 heterocycles. The molecule has 0 bridgehead atoms. The molecule has 88 valence electrons. The van der Waals surface area contributed by atoms with Crippen LogP contribution in [0.4, 0.5) is 0 Å². The summed E-state index contributed by atoms with van der Waals surface area (Å²) >= 11 is 0. The molecule has 0 spiro atoms. The first-order chi connectivity index (χ1) is 8.18. The third-order valence-corrected chi connectivity index (χ3v) is 2.73. The summed E-state index contributed by atoms with van der Waals surface area (Å²) in [5, 5.41) is 19.3. The number of aliphatic hydroxyl groups is 1. The minimum Gasteiger partial charge on any atom is -0.507 e. The first kappa shape index (κ1) is 11.7. The molecule has 17 heavy (non-hydrogen) atoms. The van der Waals surface area contributed by atoms with E-state index in [9.17, 15) is 10.2 Å². The maximum absolute atomic E-state index is 9.86. The minimum atomic E-state index is -0.387. The average molecular weight is 228 g/mol. The topological polar surface area (TPSA) is 40.5 Å². The lowest BCUT2D eigenvalue weighted by molar-refractivity contribution is 0.195. The van der Waals surface area contributed by atoms with Crippen molar-refractivity contribution < 1.29 is 10.2 Å². The van der Waals surface area contributed by atoms with Crippen LogP contribution in [-0.4, -0.2) is 16.3 Å². The van der Waals surface area contributed by atoms with Crippen molar-refractivity contribution in [2.24, 2.45) is 0 Å². The van der Waals surface area contributed by atoms with Crippen LogP contribution >= 0.6 is 0 Å². The van der Waals surface area contributed by atoms with Gasteiger partial charge in [0.2, 0.25) is 0 Å². The summed E-state index contributed by atoms with van der Waals surface area (Å²) in [6.45, 7) is 1.77. The highest BCUT2D eigenvalue weighted by atomic mass is 16.3. The molecule has 2 aromatic carbocycles. The van der Waals surface area contributed by atoms with E-state index in [1.807, 2.05) is 36.4 Å². The van der Waals surface area contributed by atoms with Crippen molar-refractivity contribution in [2.45, 2.75) is 19.4 Å². The highest BCUT2D eigenvalue weighted by Gasteiger charge is 2.09. The zero-order chi connectivity index (χ0) is 12.3. The van der Waals surface area contributed by atoms with E-state index >= 15 is 0 Å². The lowest BCUT2D eigenvalue weighted by Crippen LogP contribution is -2.05. The Hall–Kier alpha value is -1.80. The summed E-state index contributed by atoms with van der Waals surface area (Å²) in [4.78, 5) is 0. The van der Waals surface area contributed by atoms with E-state index in [4.69, 9.17) is 0 Å². The molecule has 2 aromatic rings. The fourth-order valence-electron chi connectivity index (χ4n) is 1.98. The zero-order valence-corrected chi connectivity index (χ0v) is 9.80. The van der Waals surface area contributed by atoms with Gasteiger partial charge in [-0.05, 0) is 30.5 Å². The van der Waals surface area contributed by atoms with Gasteiger partial charge < -0.3 is 10.2 Å². The lowest BCUT2D eigenvalue weighted by atomic mass is 9.96. The highest BCUT2D eigenvalue weighted by molar-refractivity contribution is 5.72. The van der Waals surface area contributed by atoms with E-state index < -0.39 is 0 Å². The second kappa shape index (κ2) is 5.02. The van der Waals surface area contributed by atoms with Crippen LogP contribution in [0.3, 0.4) is 0 Å². The van der Waals surface area contributed by atoms with Crippen molar-refractivity contribution in [3.05, 3.63) is 54.1 Å². The van der Waals surface area contributed by atoms with Gasteiger partial charge in [-0.15, -0.1) is 0 Å². The SMILES string of the molecule is CC(O)Cc1ccccc1-c1ccccc1O. The molecule has 1 atom stereocenters. The third kappa shape index (κ3) is 2.66. The van der Waals surface area contributed by atoms with Gasteiger partial charge in [0.15, 0.2) is 0 Å². The molecule has 2 N–H and O–H groups in total. The zero-order valence-electron chi connectivity index (χ0n) is 9.80. The van der Waals surface area contributed by atoms with Crippen molar-refractivity contribution >= 4 is 0 Å². The predicted octanol–water partition coefficient (Wildman–Crippen LogP) is 2.98. The fourth-order valence-corrected chi connectivity index (χ4v) is 1.98. The molecule has 0 aliphatic heterocycles. The quantitative estimate of drug-likeness (QED) is 0.847. The molecule has 2 rings (SSSR count). The van der Waals surface area contributed by atoms with Gasteiger partial charge in [0.1, 0.15) is 5.75 Å². The first-order valence-electron chi connectivity index (χ1n) is 5.73. The van der Waals surface area contributed by atoms with Gasteiger partial charge in [0, 0.05) is 5.56 Å². The number of benzene rings is 2. The summed E-state index contributed by atoms with van der Waals surface area (Å²) in [7, 11) is 0. The van der Waals surface area contributed by atoms with Crippen LogP contribution < -0.4 is 0 Å². The number of hydrogen-bond acceptors (Lipinski definition) is 2. The molecule has 0 radical (unpaired) electrons. The van der Waals surface area contributed by atoms with Gasteiger partial charge in [-0.3, -0.25) is 0 Å². The van der Waals surface area contributed by atoms with Crippen LogP contribution in [0.1, 0.15) is 12.5 Å². The van der Waals surface area contributed by atoms with E-state index in [0.29, 0.717) is 6.42 Å². The second-order valence-electron chi connectivity index (χ2n) is 4.23. The standard InChI is InChI=1S/C15H16O2/c1-11(16)10-12-6-2-3-7-13(12)14-8-4-5-9-15(14)17/h2-9,11,16-17H,10H2,1H3. The van der Waals surface area contributed by atoms with E-state index in [1.165, 1.54) is 0 Å². The van der Waals surface area contributed by atoms with Crippen molar-refractivity contribution in [2.75, 3.05) is 0 Å². The smallest absolute Gasteiger partial charge is 0.123 e. The molecule has 0 amide bonds. The van der Waals surface area contributed by atoms with Gasteiger partial charge in [-0.2, -0.15) is 0 Å². The average Bonchev–Trinajstić information content (AvgIpc) is 2.30. The van der Waals surface area contributed by atoms with Crippen LogP contribution in [0.2, 0.25) is 0 Å². The van der Waals surface area contributed by atoms with Crippen molar-refractivity contribution in [3.8, 4) is 16.9 Å². The number of para-hydroxylation sites is 1. The van der Waals surface area contributed by atoms with Gasteiger partial charge in [0.05, 0.1) is 6.10 Å². The monoisotopic (exact) mass is 228 g/mol. The summed E-state index contributed by atoms with van der Waals surface area (Å²) in [6.07, 6.45) is 0.201. The van der Waals surface area contributed by atoms with E-state index in [0.717, 1.165) is 16.7 Å². The van der Waals surface area contributed by atoms with Crippen molar-refractivity contribution in [3.63, 3.8) is 0 Å². The van der Waals surface area contributed by atoms with Gasteiger partial charge in [-0.1, -0.05) is 42.5 Å². The summed E-state index contributed by atoms with van der Waals surface area (Å²) < 4.78 is 0. The molecular weight excluding hydrogens is 212 g/mol. The van der Waals surface area contributed by atoms with E-state index in [-0.39, 0.29) is 11.9 Å². The molecule has 0 fully saturated rings. The van der Waals surface area contributed by atoms with Gasteiger partial charge in [-0.25, -0.2) is 0 Å².